The minimum atomic E-state index is -4.55. The van der Waals surface area contributed by atoms with Crippen LogP contribution >= 0.6 is 0 Å². The Kier molecular flexibility index (Phi) is 6.40. The predicted octanol–water partition coefficient (Wildman–Crippen LogP) is 4.13. The van der Waals surface area contributed by atoms with Crippen LogP contribution in [0.2, 0.25) is 0 Å². The number of hydrogen-bond acceptors (Lipinski definition) is 6. The SMILES string of the molecule is CCOc1cc(Oc2ccc(C(F)(F)F)cc2C(C)O)ccc1CC1OC(=O)NC1=O. The fourth-order valence-corrected chi connectivity index (χ4v) is 3.06. The van der Waals surface area contributed by atoms with Gasteiger partial charge in [0, 0.05) is 18.1 Å². The summed E-state index contributed by atoms with van der Waals surface area (Å²) in [4.78, 5) is 22.9. The summed E-state index contributed by atoms with van der Waals surface area (Å²) in [6.07, 6.45) is -7.48. The molecular formula is C21H20F3NO6. The van der Waals surface area contributed by atoms with E-state index in [2.05, 4.69) is 0 Å². The number of rotatable bonds is 7. The van der Waals surface area contributed by atoms with E-state index >= 15 is 0 Å². The Bertz CT molecular complexity index is 990. The highest BCUT2D eigenvalue weighted by Gasteiger charge is 2.33. The van der Waals surface area contributed by atoms with Crippen LogP contribution in [0.1, 0.15) is 36.6 Å². The monoisotopic (exact) mass is 439 g/mol. The second kappa shape index (κ2) is 8.84. The van der Waals surface area contributed by atoms with Crippen LogP contribution in [0.5, 0.6) is 17.2 Å². The summed E-state index contributed by atoms with van der Waals surface area (Å²) in [5.41, 5.74) is -0.343. The Morgan fingerprint density at radius 1 is 1.16 bits per heavy atom. The number of aliphatic hydroxyl groups is 1. The van der Waals surface area contributed by atoms with Crippen LogP contribution in [-0.4, -0.2) is 29.8 Å². The lowest BCUT2D eigenvalue weighted by Gasteiger charge is -2.18. The normalized spacial score (nSPS) is 17.2. The van der Waals surface area contributed by atoms with Gasteiger partial charge in [0.25, 0.3) is 5.91 Å². The number of carbonyl (C=O) groups excluding carboxylic acids is 2. The summed E-state index contributed by atoms with van der Waals surface area (Å²) in [6, 6.07) is 7.50. The van der Waals surface area contributed by atoms with Gasteiger partial charge in [-0.3, -0.25) is 10.1 Å². The molecule has 2 amide bonds. The Morgan fingerprint density at radius 2 is 1.90 bits per heavy atom. The molecule has 1 aliphatic rings. The van der Waals surface area contributed by atoms with E-state index in [-0.39, 0.29) is 23.5 Å². The lowest BCUT2D eigenvalue weighted by molar-refractivity contribution is -0.137. The topological polar surface area (TPSA) is 94.1 Å². The van der Waals surface area contributed by atoms with Gasteiger partial charge in [-0.15, -0.1) is 0 Å². The van der Waals surface area contributed by atoms with Gasteiger partial charge in [0.05, 0.1) is 18.3 Å². The summed E-state index contributed by atoms with van der Waals surface area (Å²) in [6.45, 7) is 3.39. The maximum Gasteiger partial charge on any atom is 0.416 e. The fraction of sp³-hybridized carbons (Fsp3) is 0.333. The number of amides is 2. The van der Waals surface area contributed by atoms with E-state index in [4.69, 9.17) is 14.2 Å². The summed E-state index contributed by atoms with van der Waals surface area (Å²) in [5, 5.41) is 12.0. The molecule has 1 heterocycles. The first kappa shape index (κ1) is 22.4. The van der Waals surface area contributed by atoms with E-state index in [9.17, 15) is 27.9 Å². The second-order valence-electron chi connectivity index (χ2n) is 6.82. The average molecular weight is 439 g/mol. The van der Waals surface area contributed by atoms with Crippen LogP contribution in [0, 0.1) is 0 Å². The van der Waals surface area contributed by atoms with Crippen molar-refractivity contribution in [2.45, 2.75) is 38.7 Å². The molecule has 10 heteroatoms. The summed E-state index contributed by atoms with van der Waals surface area (Å²) in [7, 11) is 0. The second-order valence-corrected chi connectivity index (χ2v) is 6.82. The van der Waals surface area contributed by atoms with Gasteiger partial charge in [-0.1, -0.05) is 6.07 Å². The van der Waals surface area contributed by atoms with Crippen LogP contribution in [0.3, 0.4) is 0 Å². The first-order valence-corrected chi connectivity index (χ1v) is 9.42. The zero-order valence-corrected chi connectivity index (χ0v) is 16.7. The summed E-state index contributed by atoms with van der Waals surface area (Å²) in [5.74, 6) is 0.115. The molecule has 0 aliphatic carbocycles. The first-order chi connectivity index (χ1) is 14.6. The van der Waals surface area contributed by atoms with Crippen LogP contribution in [0.4, 0.5) is 18.0 Å². The molecule has 3 rings (SSSR count). The molecule has 31 heavy (non-hydrogen) atoms. The molecule has 2 atom stereocenters. The van der Waals surface area contributed by atoms with Crippen molar-refractivity contribution >= 4 is 12.0 Å². The molecular weight excluding hydrogens is 419 g/mol. The number of benzene rings is 2. The van der Waals surface area contributed by atoms with E-state index in [0.29, 0.717) is 17.9 Å². The van der Waals surface area contributed by atoms with Crippen molar-refractivity contribution in [3.05, 3.63) is 53.1 Å². The van der Waals surface area contributed by atoms with Crippen molar-refractivity contribution in [1.29, 1.82) is 0 Å². The smallest absolute Gasteiger partial charge is 0.416 e. The molecule has 2 aromatic rings. The Morgan fingerprint density at radius 3 is 2.48 bits per heavy atom. The summed E-state index contributed by atoms with van der Waals surface area (Å²) < 4.78 is 55.2. The number of imide groups is 1. The minimum Gasteiger partial charge on any atom is -0.493 e. The van der Waals surface area contributed by atoms with E-state index in [1.807, 2.05) is 5.32 Å². The zero-order chi connectivity index (χ0) is 22.8. The molecule has 2 aromatic carbocycles. The van der Waals surface area contributed by atoms with Crippen LogP contribution in [0.15, 0.2) is 36.4 Å². The molecule has 2 unspecified atom stereocenters. The van der Waals surface area contributed by atoms with Crippen molar-refractivity contribution in [2.24, 2.45) is 0 Å². The van der Waals surface area contributed by atoms with E-state index in [1.165, 1.54) is 19.1 Å². The van der Waals surface area contributed by atoms with Crippen molar-refractivity contribution in [1.82, 2.24) is 5.32 Å². The number of cyclic esters (lactones) is 1. The molecule has 0 spiro atoms. The van der Waals surface area contributed by atoms with E-state index in [0.717, 1.165) is 18.2 Å². The van der Waals surface area contributed by atoms with Gasteiger partial charge in [-0.25, -0.2) is 4.79 Å². The van der Waals surface area contributed by atoms with Gasteiger partial charge in [0.2, 0.25) is 0 Å². The molecule has 0 aromatic heterocycles. The van der Waals surface area contributed by atoms with Crippen LogP contribution < -0.4 is 14.8 Å². The van der Waals surface area contributed by atoms with Crippen LogP contribution in [-0.2, 0) is 22.1 Å². The number of alkyl carbamates (subject to hydrolysis) is 1. The van der Waals surface area contributed by atoms with E-state index < -0.39 is 35.9 Å². The summed E-state index contributed by atoms with van der Waals surface area (Å²) >= 11 is 0. The molecule has 2 N–H and O–H groups in total. The maximum absolute atomic E-state index is 13.0. The number of aliphatic hydroxyl groups excluding tert-OH is 1. The number of alkyl halides is 3. The number of ether oxygens (including phenoxy) is 3. The number of carbonyl (C=O) groups is 2. The average Bonchev–Trinajstić information content (AvgIpc) is 3.00. The molecule has 166 valence electrons. The van der Waals surface area contributed by atoms with Gasteiger partial charge in [0.1, 0.15) is 17.2 Å². The molecule has 0 bridgehead atoms. The van der Waals surface area contributed by atoms with Crippen molar-refractivity contribution in [3.8, 4) is 17.2 Å². The largest absolute Gasteiger partial charge is 0.493 e. The minimum absolute atomic E-state index is 0.0219. The highest BCUT2D eigenvalue weighted by molar-refractivity contribution is 6.00. The Hall–Kier alpha value is -3.27. The molecule has 1 fully saturated rings. The van der Waals surface area contributed by atoms with Crippen molar-refractivity contribution in [3.63, 3.8) is 0 Å². The molecule has 1 saturated heterocycles. The van der Waals surface area contributed by atoms with Gasteiger partial charge in [0.15, 0.2) is 6.10 Å². The lowest BCUT2D eigenvalue weighted by atomic mass is 10.0. The number of nitrogens with one attached hydrogen (secondary N) is 1. The Labute approximate surface area is 175 Å². The standard InChI is InChI=1S/C21H20F3NO6/c1-3-29-17-10-14(6-4-12(17)8-18-19(27)25-20(28)31-18)30-16-7-5-13(21(22,23)24)9-15(16)11(2)26/h4-7,9-11,18,26H,3,8H2,1-2H3,(H,25,27,28). The van der Waals surface area contributed by atoms with Gasteiger partial charge < -0.3 is 19.3 Å². The fourth-order valence-electron chi connectivity index (χ4n) is 3.06. The highest BCUT2D eigenvalue weighted by Crippen LogP contribution is 2.37. The number of halogens is 3. The van der Waals surface area contributed by atoms with Crippen molar-refractivity contribution < 1.29 is 42.1 Å². The molecule has 7 nitrogen and oxygen atoms in total. The third-order valence-electron chi connectivity index (χ3n) is 4.53. The zero-order valence-electron chi connectivity index (χ0n) is 16.7. The van der Waals surface area contributed by atoms with Crippen molar-refractivity contribution in [2.75, 3.05) is 6.61 Å². The molecule has 1 aliphatic heterocycles. The van der Waals surface area contributed by atoms with Gasteiger partial charge >= 0.3 is 12.3 Å². The third-order valence-corrected chi connectivity index (χ3v) is 4.53. The highest BCUT2D eigenvalue weighted by atomic mass is 19.4. The van der Waals surface area contributed by atoms with Crippen LogP contribution in [0.25, 0.3) is 0 Å². The lowest BCUT2D eigenvalue weighted by Crippen LogP contribution is -2.26. The third kappa shape index (κ3) is 5.26. The van der Waals surface area contributed by atoms with Gasteiger partial charge in [-0.2, -0.15) is 13.2 Å². The van der Waals surface area contributed by atoms with E-state index in [1.54, 1.807) is 13.0 Å². The predicted molar refractivity (Wildman–Crippen MR) is 102 cm³/mol. The quantitative estimate of drug-likeness (QED) is 0.674. The van der Waals surface area contributed by atoms with Gasteiger partial charge in [-0.05, 0) is 43.7 Å². The Balaban J connectivity index is 1.87. The number of hydrogen-bond donors (Lipinski definition) is 2. The first-order valence-electron chi connectivity index (χ1n) is 9.42. The molecule has 0 saturated carbocycles. The maximum atomic E-state index is 13.0. The molecule has 0 radical (unpaired) electrons.